The third kappa shape index (κ3) is 5.08. The Balaban J connectivity index is 1.86. The lowest BCUT2D eigenvalue weighted by molar-refractivity contribution is -0.126. The summed E-state index contributed by atoms with van der Waals surface area (Å²) in [5.74, 6) is -0.167. The van der Waals surface area contributed by atoms with Crippen LogP contribution < -0.4 is 0 Å². The number of halogens is 1. The fraction of sp³-hybridized carbons (Fsp3) is 0.167. The Hall–Kier alpha value is -2.00. The summed E-state index contributed by atoms with van der Waals surface area (Å²) in [4.78, 5) is 23.9. The van der Waals surface area contributed by atoms with Crippen molar-refractivity contribution in [3.8, 4) is 6.07 Å². The van der Waals surface area contributed by atoms with Gasteiger partial charge < -0.3 is 0 Å². The first-order valence-electron chi connectivity index (χ1n) is 6.83. The number of nitriles is 1. The molecule has 0 saturated carbocycles. The molecule has 2 aromatic carbocycles. The molecule has 0 aliphatic heterocycles. The minimum absolute atomic E-state index is 0.0496. The third-order valence-corrected chi connectivity index (χ3v) is 3.91. The molecule has 2 rings (SSSR count). The topological polar surface area (TPSA) is 57.9 Å². The van der Waals surface area contributed by atoms with E-state index in [9.17, 15) is 9.59 Å². The Morgan fingerprint density at radius 1 is 0.864 bits per heavy atom. The van der Waals surface area contributed by atoms with Crippen molar-refractivity contribution >= 4 is 34.2 Å². The highest BCUT2D eigenvalue weighted by molar-refractivity contribution is 14.1. The molecule has 0 atom stereocenters. The lowest BCUT2D eigenvalue weighted by atomic mass is 10.0. The number of hydrogen-bond acceptors (Lipinski definition) is 3. The van der Waals surface area contributed by atoms with Gasteiger partial charge in [0.15, 0.2) is 0 Å². The van der Waals surface area contributed by atoms with Crippen LogP contribution in [0.2, 0.25) is 0 Å². The normalized spacial score (nSPS) is 10.0. The van der Waals surface area contributed by atoms with Gasteiger partial charge in [0.2, 0.25) is 0 Å². The summed E-state index contributed by atoms with van der Waals surface area (Å²) in [6.07, 6.45) is 0.464. The van der Waals surface area contributed by atoms with E-state index in [4.69, 9.17) is 5.26 Å². The van der Waals surface area contributed by atoms with E-state index in [0.29, 0.717) is 5.56 Å². The molecule has 0 saturated heterocycles. The van der Waals surface area contributed by atoms with Gasteiger partial charge in [-0.05, 0) is 58.0 Å². The average Bonchev–Trinajstić information content (AvgIpc) is 2.50. The molecule has 22 heavy (non-hydrogen) atoms. The van der Waals surface area contributed by atoms with Crippen molar-refractivity contribution in [1.82, 2.24) is 0 Å². The minimum Gasteiger partial charge on any atom is -0.299 e. The van der Waals surface area contributed by atoms with E-state index in [1.807, 2.05) is 30.3 Å². The van der Waals surface area contributed by atoms with Crippen LogP contribution in [0.4, 0.5) is 0 Å². The van der Waals surface area contributed by atoms with Gasteiger partial charge in [0.1, 0.15) is 11.6 Å². The number of nitrogens with zero attached hydrogens (tertiary/aromatic N) is 1. The highest BCUT2D eigenvalue weighted by atomic mass is 127. The molecule has 0 bridgehead atoms. The lowest BCUT2D eigenvalue weighted by Crippen LogP contribution is -2.12. The molecule has 110 valence electrons. The molecule has 0 radical (unpaired) electrons. The molecular formula is C18H14INO2. The Labute approximate surface area is 143 Å². The number of rotatable bonds is 6. The fourth-order valence-electron chi connectivity index (χ4n) is 2.10. The van der Waals surface area contributed by atoms with Gasteiger partial charge in [-0.3, -0.25) is 9.59 Å². The molecule has 0 aliphatic rings. The van der Waals surface area contributed by atoms with Gasteiger partial charge in [0.05, 0.1) is 18.1 Å². The maximum Gasteiger partial charge on any atom is 0.144 e. The van der Waals surface area contributed by atoms with Crippen LogP contribution in [0.15, 0.2) is 48.5 Å². The second-order valence-corrected chi connectivity index (χ2v) is 6.29. The fourth-order valence-corrected chi connectivity index (χ4v) is 2.46. The average molecular weight is 403 g/mol. The molecule has 2 aromatic rings. The maximum absolute atomic E-state index is 11.9. The third-order valence-electron chi connectivity index (χ3n) is 3.19. The summed E-state index contributed by atoms with van der Waals surface area (Å²) >= 11 is 2.21. The lowest BCUT2D eigenvalue weighted by Gasteiger charge is -2.03. The molecule has 4 heteroatoms. The Kier molecular flexibility index (Phi) is 5.84. The van der Waals surface area contributed by atoms with Crippen molar-refractivity contribution in [2.75, 3.05) is 0 Å². The predicted molar refractivity (Wildman–Crippen MR) is 92.4 cm³/mol. The Bertz CT molecular complexity index is 712. The molecule has 0 heterocycles. The van der Waals surface area contributed by atoms with Gasteiger partial charge in [0.25, 0.3) is 0 Å². The van der Waals surface area contributed by atoms with E-state index in [-0.39, 0.29) is 30.8 Å². The van der Waals surface area contributed by atoms with Gasteiger partial charge in [0, 0.05) is 16.4 Å². The van der Waals surface area contributed by atoms with Crippen molar-refractivity contribution < 1.29 is 9.59 Å². The standard InChI is InChI=1S/C18H14INO2/c19-16-7-5-14(6-8-16)10-18(22)11-17(21)9-13-1-3-15(12-20)4-2-13/h1-8H,9-11H2. The summed E-state index contributed by atoms with van der Waals surface area (Å²) < 4.78 is 1.12. The molecular weight excluding hydrogens is 389 g/mol. The van der Waals surface area contributed by atoms with Gasteiger partial charge in [-0.1, -0.05) is 24.3 Å². The van der Waals surface area contributed by atoms with Gasteiger partial charge in [-0.25, -0.2) is 0 Å². The summed E-state index contributed by atoms with van der Waals surface area (Å²) in [5, 5.41) is 8.72. The number of Topliss-reactive ketones (excluding diaryl/α,β-unsaturated/α-hetero) is 2. The highest BCUT2D eigenvalue weighted by Crippen LogP contribution is 2.10. The van der Waals surface area contributed by atoms with E-state index >= 15 is 0 Å². The Morgan fingerprint density at radius 3 is 1.77 bits per heavy atom. The minimum atomic E-state index is -0.0970. The monoisotopic (exact) mass is 403 g/mol. The van der Waals surface area contributed by atoms with Crippen LogP contribution in [0.25, 0.3) is 0 Å². The van der Waals surface area contributed by atoms with Gasteiger partial charge in [-0.15, -0.1) is 0 Å². The first kappa shape index (κ1) is 16.4. The van der Waals surface area contributed by atoms with Crippen LogP contribution in [0, 0.1) is 14.9 Å². The molecule has 0 aromatic heterocycles. The molecule has 0 fully saturated rings. The summed E-state index contributed by atoms with van der Waals surface area (Å²) in [5.41, 5.74) is 2.31. The first-order valence-corrected chi connectivity index (χ1v) is 7.91. The van der Waals surface area contributed by atoms with Crippen molar-refractivity contribution in [3.63, 3.8) is 0 Å². The van der Waals surface area contributed by atoms with Crippen LogP contribution in [0.3, 0.4) is 0 Å². The molecule has 0 spiro atoms. The van der Waals surface area contributed by atoms with E-state index in [2.05, 4.69) is 22.6 Å². The molecule has 0 N–H and O–H groups in total. The predicted octanol–water partition coefficient (Wildman–Crippen LogP) is 3.48. The number of carbonyl (C=O) groups excluding carboxylic acids is 2. The van der Waals surface area contributed by atoms with Crippen molar-refractivity contribution in [3.05, 3.63) is 68.8 Å². The second kappa shape index (κ2) is 7.85. The van der Waals surface area contributed by atoms with E-state index in [1.165, 1.54) is 0 Å². The van der Waals surface area contributed by atoms with Crippen LogP contribution in [-0.2, 0) is 22.4 Å². The van der Waals surface area contributed by atoms with Crippen molar-refractivity contribution in [1.29, 1.82) is 5.26 Å². The number of ketones is 2. The summed E-state index contributed by atoms with van der Waals surface area (Å²) in [6.45, 7) is 0. The number of benzene rings is 2. The molecule has 0 aliphatic carbocycles. The smallest absolute Gasteiger partial charge is 0.144 e. The summed E-state index contributed by atoms with van der Waals surface area (Å²) in [6, 6.07) is 16.6. The second-order valence-electron chi connectivity index (χ2n) is 5.04. The first-order chi connectivity index (χ1) is 10.6. The molecule has 0 unspecified atom stereocenters. The zero-order valence-electron chi connectivity index (χ0n) is 11.9. The largest absolute Gasteiger partial charge is 0.299 e. The van der Waals surface area contributed by atoms with E-state index in [0.717, 1.165) is 14.7 Å². The zero-order valence-corrected chi connectivity index (χ0v) is 14.0. The van der Waals surface area contributed by atoms with E-state index in [1.54, 1.807) is 24.3 Å². The van der Waals surface area contributed by atoms with Crippen LogP contribution in [-0.4, -0.2) is 11.6 Å². The van der Waals surface area contributed by atoms with Crippen LogP contribution in [0.5, 0.6) is 0 Å². The number of carbonyl (C=O) groups is 2. The zero-order chi connectivity index (χ0) is 15.9. The van der Waals surface area contributed by atoms with Gasteiger partial charge >= 0.3 is 0 Å². The summed E-state index contributed by atoms with van der Waals surface area (Å²) in [7, 11) is 0. The van der Waals surface area contributed by atoms with E-state index < -0.39 is 0 Å². The molecule has 0 amide bonds. The maximum atomic E-state index is 11.9. The quantitative estimate of drug-likeness (QED) is 0.548. The molecule has 3 nitrogen and oxygen atoms in total. The van der Waals surface area contributed by atoms with Crippen LogP contribution in [0.1, 0.15) is 23.1 Å². The van der Waals surface area contributed by atoms with Crippen molar-refractivity contribution in [2.45, 2.75) is 19.3 Å². The highest BCUT2D eigenvalue weighted by Gasteiger charge is 2.11. The van der Waals surface area contributed by atoms with Crippen LogP contribution >= 0.6 is 22.6 Å². The van der Waals surface area contributed by atoms with Gasteiger partial charge in [-0.2, -0.15) is 5.26 Å². The number of hydrogen-bond donors (Lipinski definition) is 0. The SMILES string of the molecule is N#Cc1ccc(CC(=O)CC(=O)Cc2ccc(I)cc2)cc1. The van der Waals surface area contributed by atoms with Crippen molar-refractivity contribution in [2.24, 2.45) is 0 Å². The Morgan fingerprint density at radius 2 is 1.32 bits per heavy atom.